The van der Waals surface area contributed by atoms with Gasteiger partial charge in [0.05, 0.1) is 5.52 Å². The Hall–Kier alpha value is -1.84. The molecule has 1 aliphatic rings. The minimum atomic E-state index is 0.904. The molecule has 4 nitrogen and oxygen atoms in total. The molecule has 0 spiro atoms. The molecule has 1 aliphatic carbocycles. The van der Waals surface area contributed by atoms with Crippen LogP contribution in [0.5, 0.6) is 0 Å². The van der Waals surface area contributed by atoms with Crippen molar-refractivity contribution in [2.24, 2.45) is 0 Å². The molecule has 2 heterocycles. The van der Waals surface area contributed by atoms with Gasteiger partial charge in [0.25, 0.3) is 0 Å². The normalized spacial score (nSPS) is 15.7. The van der Waals surface area contributed by atoms with E-state index in [1.807, 2.05) is 12.3 Å². The predicted molar refractivity (Wildman–Crippen MR) is 73.5 cm³/mol. The molecule has 0 aromatic carbocycles. The molecule has 18 heavy (non-hydrogen) atoms. The van der Waals surface area contributed by atoms with Crippen LogP contribution in [-0.2, 0) is 0 Å². The van der Waals surface area contributed by atoms with Gasteiger partial charge >= 0.3 is 0 Å². The number of anilines is 1. The second-order valence-corrected chi connectivity index (χ2v) is 4.75. The third-order valence-electron chi connectivity index (χ3n) is 3.47. The largest absolute Gasteiger partial charge is 0.368 e. The molecule has 0 fully saturated rings. The average Bonchev–Trinajstić information content (AvgIpc) is 2.89. The van der Waals surface area contributed by atoms with Crippen LogP contribution in [0.15, 0.2) is 30.2 Å². The summed E-state index contributed by atoms with van der Waals surface area (Å²) in [6, 6.07) is 1.96. The topological polar surface area (TPSA) is 53.6 Å². The zero-order valence-electron chi connectivity index (χ0n) is 10.4. The van der Waals surface area contributed by atoms with Crippen LogP contribution in [0.1, 0.15) is 32.1 Å². The second-order valence-electron chi connectivity index (χ2n) is 4.75. The van der Waals surface area contributed by atoms with E-state index in [9.17, 15) is 0 Å². The van der Waals surface area contributed by atoms with E-state index in [2.05, 4.69) is 26.3 Å². The Morgan fingerprint density at radius 3 is 3.17 bits per heavy atom. The number of aromatic nitrogens is 3. The summed E-state index contributed by atoms with van der Waals surface area (Å²) >= 11 is 0. The Labute approximate surface area is 107 Å². The van der Waals surface area contributed by atoms with Gasteiger partial charge in [-0.15, -0.1) is 0 Å². The molecule has 2 aromatic heterocycles. The van der Waals surface area contributed by atoms with Crippen molar-refractivity contribution in [1.82, 2.24) is 15.0 Å². The Kier molecular flexibility index (Phi) is 3.26. The van der Waals surface area contributed by atoms with Gasteiger partial charge in [0, 0.05) is 12.7 Å². The van der Waals surface area contributed by atoms with Crippen molar-refractivity contribution >= 4 is 16.9 Å². The van der Waals surface area contributed by atoms with E-state index in [0.717, 1.165) is 29.8 Å². The first-order valence-corrected chi connectivity index (χ1v) is 6.63. The van der Waals surface area contributed by atoms with Gasteiger partial charge in [0.2, 0.25) is 0 Å². The number of rotatable bonds is 4. The lowest BCUT2D eigenvalue weighted by Gasteiger charge is -2.13. The van der Waals surface area contributed by atoms with E-state index in [0.29, 0.717) is 0 Å². The van der Waals surface area contributed by atoms with Gasteiger partial charge in [-0.25, -0.2) is 9.97 Å². The SMILES string of the molecule is C1=C(CCNc2ncnc3cc[nH]c23)CCCC1. The van der Waals surface area contributed by atoms with Crippen LogP contribution in [0.2, 0.25) is 0 Å². The Balaban J connectivity index is 1.62. The highest BCUT2D eigenvalue weighted by Gasteiger charge is 2.06. The molecule has 94 valence electrons. The summed E-state index contributed by atoms with van der Waals surface area (Å²) in [5.41, 5.74) is 3.55. The first-order chi connectivity index (χ1) is 8.93. The Bertz CT molecular complexity index is 556. The van der Waals surface area contributed by atoms with Gasteiger partial charge in [-0.3, -0.25) is 0 Å². The van der Waals surface area contributed by atoms with Crippen molar-refractivity contribution in [1.29, 1.82) is 0 Å². The lowest BCUT2D eigenvalue weighted by Crippen LogP contribution is -2.06. The predicted octanol–water partition coefficient (Wildman–Crippen LogP) is 3.26. The maximum absolute atomic E-state index is 4.29. The zero-order valence-corrected chi connectivity index (χ0v) is 10.4. The average molecular weight is 242 g/mol. The van der Waals surface area contributed by atoms with Crippen LogP contribution < -0.4 is 5.32 Å². The monoisotopic (exact) mass is 242 g/mol. The summed E-state index contributed by atoms with van der Waals surface area (Å²) in [4.78, 5) is 11.7. The molecule has 0 aliphatic heterocycles. The van der Waals surface area contributed by atoms with Gasteiger partial charge in [-0.2, -0.15) is 0 Å². The summed E-state index contributed by atoms with van der Waals surface area (Å²) < 4.78 is 0. The minimum absolute atomic E-state index is 0.904. The first kappa shape index (κ1) is 11.3. The van der Waals surface area contributed by atoms with Crippen LogP contribution in [-0.4, -0.2) is 21.5 Å². The van der Waals surface area contributed by atoms with Gasteiger partial charge in [-0.05, 0) is 38.2 Å². The summed E-state index contributed by atoms with van der Waals surface area (Å²) in [5, 5.41) is 3.40. The van der Waals surface area contributed by atoms with Crippen LogP contribution in [0.25, 0.3) is 11.0 Å². The molecule has 0 atom stereocenters. The van der Waals surface area contributed by atoms with Gasteiger partial charge in [-0.1, -0.05) is 11.6 Å². The standard InChI is InChI=1S/C14H18N4/c1-2-4-11(5-3-1)6-8-16-14-13-12(7-9-15-13)17-10-18-14/h4,7,9-10,15H,1-3,5-6,8H2,(H,16,17,18). The quantitative estimate of drug-likeness (QED) is 0.809. The molecular formula is C14H18N4. The number of nitrogens with zero attached hydrogens (tertiary/aromatic N) is 2. The third kappa shape index (κ3) is 2.37. The fourth-order valence-corrected chi connectivity index (χ4v) is 2.48. The molecule has 3 rings (SSSR count). The fraction of sp³-hybridized carbons (Fsp3) is 0.429. The van der Waals surface area contributed by atoms with Crippen molar-refractivity contribution in [2.45, 2.75) is 32.1 Å². The van der Waals surface area contributed by atoms with Crippen molar-refractivity contribution < 1.29 is 0 Å². The highest BCUT2D eigenvalue weighted by Crippen LogP contribution is 2.21. The van der Waals surface area contributed by atoms with Gasteiger partial charge in [0.1, 0.15) is 11.8 Å². The molecule has 4 heteroatoms. The van der Waals surface area contributed by atoms with E-state index in [1.54, 1.807) is 11.9 Å². The minimum Gasteiger partial charge on any atom is -0.368 e. The number of hydrogen-bond donors (Lipinski definition) is 2. The molecule has 0 radical (unpaired) electrons. The Morgan fingerprint density at radius 1 is 1.28 bits per heavy atom. The maximum atomic E-state index is 4.29. The van der Waals surface area contributed by atoms with Crippen LogP contribution in [0.4, 0.5) is 5.82 Å². The number of allylic oxidation sites excluding steroid dienone is 1. The highest BCUT2D eigenvalue weighted by molar-refractivity contribution is 5.85. The van der Waals surface area contributed by atoms with Crippen LogP contribution in [0.3, 0.4) is 0 Å². The van der Waals surface area contributed by atoms with E-state index in [4.69, 9.17) is 0 Å². The Morgan fingerprint density at radius 2 is 2.28 bits per heavy atom. The van der Waals surface area contributed by atoms with E-state index in [-0.39, 0.29) is 0 Å². The fourth-order valence-electron chi connectivity index (χ4n) is 2.48. The van der Waals surface area contributed by atoms with Crippen molar-refractivity contribution in [2.75, 3.05) is 11.9 Å². The smallest absolute Gasteiger partial charge is 0.153 e. The number of fused-ring (bicyclic) bond motifs is 1. The van der Waals surface area contributed by atoms with Crippen LogP contribution in [0, 0.1) is 0 Å². The lowest BCUT2D eigenvalue weighted by atomic mass is 9.97. The molecule has 2 aromatic rings. The lowest BCUT2D eigenvalue weighted by molar-refractivity contribution is 0.679. The second kappa shape index (κ2) is 5.21. The highest BCUT2D eigenvalue weighted by atomic mass is 15.0. The molecule has 0 amide bonds. The zero-order chi connectivity index (χ0) is 12.2. The van der Waals surface area contributed by atoms with Crippen LogP contribution >= 0.6 is 0 Å². The van der Waals surface area contributed by atoms with Gasteiger partial charge < -0.3 is 10.3 Å². The molecular weight excluding hydrogens is 224 g/mol. The molecule has 0 saturated carbocycles. The number of aromatic amines is 1. The molecule has 0 unspecified atom stereocenters. The summed E-state index contributed by atoms with van der Waals surface area (Å²) in [6.45, 7) is 0.941. The number of H-pyrrole nitrogens is 1. The van der Waals surface area contributed by atoms with Crippen molar-refractivity contribution in [3.63, 3.8) is 0 Å². The summed E-state index contributed by atoms with van der Waals surface area (Å²) in [7, 11) is 0. The van der Waals surface area contributed by atoms with Gasteiger partial charge in [0.15, 0.2) is 5.82 Å². The van der Waals surface area contributed by atoms with E-state index >= 15 is 0 Å². The first-order valence-electron chi connectivity index (χ1n) is 6.63. The van der Waals surface area contributed by atoms with E-state index in [1.165, 1.54) is 25.7 Å². The third-order valence-corrected chi connectivity index (χ3v) is 3.47. The molecule has 2 N–H and O–H groups in total. The summed E-state index contributed by atoms with van der Waals surface area (Å²) in [6.07, 6.45) is 12.2. The molecule has 0 bridgehead atoms. The molecule has 0 saturated heterocycles. The maximum Gasteiger partial charge on any atom is 0.153 e. The summed E-state index contributed by atoms with van der Waals surface area (Å²) in [5.74, 6) is 0.904. The van der Waals surface area contributed by atoms with Crippen molar-refractivity contribution in [3.05, 3.63) is 30.2 Å². The van der Waals surface area contributed by atoms with Crippen molar-refractivity contribution in [3.8, 4) is 0 Å². The number of hydrogen-bond acceptors (Lipinski definition) is 3. The number of nitrogens with one attached hydrogen (secondary N) is 2. The van der Waals surface area contributed by atoms with E-state index < -0.39 is 0 Å².